The van der Waals surface area contributed by atoms with Crippen molar-refractivity contribution in [2.75, 3.05) is 69.3 Å². The van der Waals surface area contributed by atoms with Gasteiger partial charge in [-0.15, -0.1) is 0 Å². The van der Waals surface area contributed by atoms with Crippen molar-refractivity contribution in [2.45, 2.75) is 37.8 Å². The molecule has 6 rings (SSSR count). The molecule has 3 aromatic rings. The SMILES string of the molecule is [C-]#[N+]C[C@H]1CN(c2nc(OCCN(C)CC3CC(F)(F)C3)nc3c2CCN(c2cccc4cccc(Cl)c24)C3)CCN1C(=O)C(=C)F. The second-order valence-corrected chi connectivity index (χ2v) is 13.0. The number of carbonyl (C=O) groups excluding carboxylic acids is 1. The molecule has 47 heavy (non-hydrogen) atoms. The van der Waals surface area contributed by atoms with Crippen molar-refractivity contribution >= 4 is 39.8 Å². The molecule has 3 aliphatic rings. The number of hydrogen-bond acceptors (Lipinski definition) is 7. The van der Waals surface area contributed by atoms with E-state index < -0.39 is 23.7 Å². The summed E-state index contributed by atoms with van der Waals surface area (Å²) < 4.78 is 46.5. The number of likely N-dealkylation sites (N-methyl/N-ethyl adjacent to an activating group) is 1. The van der Waals surface area contributed by atoms with Gasteiger partial charge in [-0.05, 0) is 36.9 Å². The minimum atomic E-state index is -2.55. The number of fused-ring (bicyclic) bond motifs is 2. The van der Waals surface area contributed by atoms with Gasteiger partial charge in [0.2, 0.25) is 12.5 Å². The van der Waals surface area contributed by atoms with E-state index in [4.69, 9.17) is 32.9 Å². The highest BCUT2D eigenvalue weighted by Crippen LogP contribution is 2.42. The van der Waals surface area contributed by atoms with Crippen LogP contribution >= 0.6 is 11.6 Å². The molecule has 13 heteroatoms. The summed E-state index contributed by atoms with van der Waals surface area (Å²) in [5, 5.41) is 2.67. The molecule has 1 amide bonds. The highest BCUT2D eigenvalue weighted by atomic mass is 35.5. The zero-order valence-electron chi connectivity index (χ0n) is 26.3. The Kier molecular flexibility index (Phi) is 9.48. The summed E-state index contributed by atoms with van der Waals surface area (Å²) >= 11 is 6.67. The molecular formula is C34H37ClF3N7O2. The number of hydrogen-bond donors (Lipinski definition) is 0. The van der Waals surface area contributed by atoms with Crippen molar-refractivity contribution in [3.63, 3.8) is 0 Å². The lowest BCUT2D eigenvalue weighted by Gasteiger charge is -2.41. The summed E-state index contributed by atoms with van der Waals surface area (Å²) in [4.78, 5) is 33.3. The average Bonchev–Trinajstić information content (AvgIpc) is 3.03. The summed E-state index contributed by atoms with van der Waals surface area (Å²) in [6, 6.07) is 11.6. The molecule has 1 atom stereocenters. The molecule has 2 aliphatic heterocycles. The van der Waals surface area contributed by atoms with Gasteiger partial charge in [-0.3, -0.25) is 4.79 Å². The van der Waals surface area contributed by atoms with Gasteiger partial charge in [0.05, 0.1) is 17.3 Å². The lowest BCUT2D eigenvalue weighted by Crippen LogP contribution is -2.57. The number of amides is 1. The fourth-order valence-electron chi connectivity index (χ4n) is 6.93. The van der Waals surface area contributed by atoms with Crippen LogP contribution in [0.2, 0.25) is 5.02 Å². The first kappa shape index (κ1) is 32.8. The number of nitrogens with zero attached hydrogens (tertiary/aromatic N) is 7. The Bertz CT molecular complexity index is 1700. The topological polar surface area (TPSA) is 69.4 Å². The molecule has 1 aliphatic carbocycles. The lowest BCUT2D eigenvalue weighted by atomic mass is 9.81. The third-order valence-electron chi connectivity index (χ3n) is 9.22. The van der Waals surface area contributed by atoms with Crippen LogP contribution in [0.4, 0.5) is 24.7 Å². The van der Waals surface area contributed by atoms with Crippen LogP contribution in [-0.4, -0.2) is 97.1 Å². The third kappa shape index (κ3) is 7.11. The zero-order valence-corrected chi connectivity index (χ0v) is 27.0. The average molecular weight is 668 g/mol. The number of piperazine rings is 1. The van der Waals surface area contributed by atoms with Crippen LogP contribution in [0.15, 0.2) is 48.8 Å². The van der Waals surface area contributed by atoms with Crippen LogP contribution in [0.5, 0.6) is 6.01 Å². The Balaban J connectivity index is 1.26. The maximum atomic E-state index is 13.8. The Morgan fingerprint density at radius 1 is 1.17 bits per heavy atom. The first-order chi connectivity index (χ1) is 22.5. The smallest absolute Gasteiger partial charge is 0.318 e. The molecule has 248 valence electrons. The molecular weight excluding hydrogens is 631 g/mol. The highest BCUT2D eigenvalue weighted by Gasteiger charge is 2.45. The van der Waals surface area contributed by atoms with Crippen molar-refractivity contribution in [3.8, 4) is 6.01 Å². The van der Waals surface area contributed by atoms with Crippen LogP contribution < -0.4 is 14.5 Å². The molecule has 0 bridgehead atoms. The second kappa shape index (κ2) is 13.6. The molecule has 0 N–H and O–H groups in total. The number of benzene rings is 2. The minimum absolute atomic E-state index is 0.0149. The number of anilines is 2. The number of ether oxygens (including phenoxy) is 1. The van der Waals surface area contributed by atoms with Gasteiger partial charge >= 0.3 is 6.01 Å². The van der Waals surface area contributed by atoms with E-state index in [2.05, 4.69) is 22.4 Å². The summed E-state index contributed by atoms with van der Waals surface area (Å²) in [7, 11) is 1.89. The van der Waals surface area contributed by atoms with Gasteiger partial charge in [-0.2, -0.15) is 9.97 Å². The van der Waals surface area contributed by atoms with Gasteiger partial charge < -0.3 is 29.2 Å². The van der Waals surface area contributed by atoms with Gasteiger partial charge in [-0.1, -0.05) is 42.4 Å². The second-order valence-electron chi connectivity index (χ2n) is 12.6. The Hall–Kier alpha value is -4.08. The number of alkyl halides is 2. The van der Waals surface area contributed by atoms with Crippen LogP contribution in [0.25, 0.3) is 15.6 Å². The van der Waals surface area contributed by atoms with Gasteiger partial charge in [0.15, 0.2) is 5.83 Å². The molecule has 2 aromatic carbocycles. The minimum Gasteiger partial charge on any atom is -0.462 e. The Morgan fingerprint density at radius 2 is 1.94 bits per heavy atom. The number of aromatic nitrogens is 2. The van der Waals surface area contributed by atoms with Gasteiger partial charge in [0.1, 0.15) is 18.5 Å². The standard InChI is InChI=1S/C34H37ClF3N7O2/c1-22(36)32(46)45-13-12-44(20-25(45)18-39-2)31-26-10-11-43(29-9-5-7-24-6-4-8-27(35)30(24)29)21-28(26)40-33(41-31)47-15-14-42(3)19-23-16-34(37,38)17-23/h4-9,23,25H,1,10-21H2,3H3/t25-/m0/s1. The van der Waals surface area contributed by atoms with Gasteiger partial charge in [-0.25, -0.2) is 19.7 Å². The summed E-state index contributed by atoms with van der Waals surface area (Å²) in [5.41, 5.74) is 2.75. The first-order valence-corrected chi connectivity index (χ1v) is 16.2. The van der Waals surface area contributed by atoms with Gasteiger partial charge in [0.25, 0.3) is 5.91 Å². The fourth-order valence-corrected chi connectivity index (χ4v) is 7.21. The zero-order chi connectivity index (χ0) is 33.3. The molecule has 0 spiro atoms. The third-order valence-corrected chi connectivity index (χ3v) is 9.54. The lowest BCUT2D eigenvalue weighted by molar-refractivity contribution is -0.131. The van der Waals surface area contributed by atoms with Crippen molar-refractivity contribution in [1.29, 1.82) is 0 Å². The number of carbonyl (C=O) groups is 1. The maximum Gasteiger partial charge on any atom is 0.318 e. The van der Waals surface area contributed by atoms with E-state index >= 15 is 0 Å². The maximum absolute atomic E-state index is 13.8. The first-order valence-electron chi connectivity index (χ1n) is 15.8. The van der Waals surface area contributed by atoms with E-state index in [0.717, 1.165) is 27.7 Å². The van der Waals surface area contributed by atoms with Crippen LogP contribution in [0, 0.1) is 12.5 Å². The van der Waals surface area contributed by atoms with Gasteiger partial charge in [0, 0.05) is 68.7 Å². The fraction of sp³-hybridized carbons (Fsp3) is 0.471. The molecule has 1 aromatic heterocycles. The molecule has 0 unspecified atom stereocenters. The monoisotopic (exact) mass is 667 g/mol. The number of rotatable bonds is 10. The van der Waals surface area contributed by atoms with E-state index in [1.54, 1.807) is 0 Å². The predicted molar refractivity (Wildman–Crippen MR) is 176 cm³/mol. The van der Waals surface area contributed by atoms with Crippen molar-refractivity contribution in [1.82, 2.24) is 19.8 Å². The van der Waals surface area contributed by atoms with Crippen molar-refractivity contribution in [2.24, 2.45) is 5.92 Å². The van der Waals surface area contributed by atoms with Crippen molar-refractivity contribution < 1.29 is 22.7 Å². The summed E-state index contributed by atoms with van der Waals surface area (Å²) in [6.07, 6.45) is 0.468. The Labute approximate surface area is 277 Å². The summed E-state index contributed by atoms with van der Waals surface area (Å²) in [5.74, 6) is -3.75. The van der Waals surface area contributed by atoms with Crippen molar-refractivity contribution in [3.05, 3.63) is 76.5 Å². The van der Waals surface area contributed by atoms with Crippen LogP contribution in [0.1, 0.15) is 24.1 Å². The van der Waals surface area contributed by atoms with E-state index in [0.29, 0.717) is 56.5 Å². The van der Waals surface area contributed by atoms with E-state index in [1.165, 1.54) is 4.90 Å². The number of halogens is 4. The quantitative estimate of drug-likeness (QED) is 0.205. The molecule has 1 saturated carbocycles. The van der Waals surface area contributed by atoms with E-state index in [9.17, 15) is 18.0 Å². The molecule has 2 fully saturated rings. The highest BCUT2D eigenvalue weighted by molar-refractivity contribution is 6.36. The molecule has 0 radical (unpaired) electrons. The normalized spacial score (nSPS) is 19.3. The largest absolute Gasteiger partial charge is 0.462 e. The van der Waals surface area contributed by atoms with Crippen LogP contribution in [-0.2, 0) is 17.8 Å². The predicted octanol–water partition coefficient (Wildman–Crippen LogP) is 5.62. The molecule has 9 nitrogen and oxygen atoms in total. The molecule has 3 heterocycles. The Morgan fingerprint density at radius 3 is 2.66 bits per heavy atom. The summed E-state index contributed by atoms with van der Waals surface area (Å²) in [6.45, 7) is 14.0. The molecule has 1 saturated heterocycles. The van der Waals surface area contributed by atoms with Crippen LogP contribution in [0.3, 0.4) is 0 Å². The van der Waals surface area contributed by atoms with E-state index in [-0.39, 0.29) is 44.5 Å². The van der Waals surface area contributed by atoms with E-state index in [1.807, 2.05) is 47.2 Å².